The van der Waals surface area contributed by atoms with E-state index < -0.39 is 0 Å². The van der Waals surface area contributed by atoms with E-state index in [1.165, 1.54) is 10.4 Å². The van der Waals surface area contributed by atoms with Crippen LogP contribution in [-0.2, 0) is 13.0 Å². The minimum Gasteiger partial charge on any atom is -0.292 e. The van der Waals surface area contributed by atoms with Gasteiger partial charge in [-0.2, -0.15) is 0 Å². The molecule has 19 heavy (non-hydrogen) atoms. The first-order valence-electron chi connectivity index (χ1n) is 6.26. The van der Waals surface area contributed by atoms with Crippen LogP contribution in [0.1, 0.15) is 29.0 Å². The van der Waals surface area contributed by atoms with Crippen LogP contribution in [0.5, 0.6) is 0 Å². The van der Waals surface area contributed by atoms with Gasteiger partial charge in [-0.15, -0.1) is 11.3 Å². The van der Waals surface area contributed by atoms with Crippen molar-refractivity contribution in [1.29, 1.82) is 0 Å². The highest BCUT2D eigenvalue weighted by Gasteiger charge is 2.24. The normalized spacial score (nSPS) is 19.4. The molecule has 100 valence electrons. The van der Waals surface area contributed by atoms with Crippen LogP contribution < -0.4 is 0 Å². The summed E-state index contributed by atoms with van der Waals surface area (Å²) in [7, 11) is 0. The first-order chi connectivity index (χ1) is 9.13. The fourth-order valence-corrected chi connectivity index (χ4v) is 4.09. The van der Waals surface area contributed by atoms with E-state index >= 15 is 0 Å². The van der Waals surface area contributed by atoms with Gasteiger partial charge in [-0.1, -0.05) is 23.2 Å². The van der Waals surface area contributed by atoms with Gasteiger partial charge in [0.2, 0.25) is 0 Å². The average Bonchev–Trinajstić information content (AvgIpc) is 2.80. The Morgan fingerprint density at radius 2 is 2.11 bits per heavy atom. The van der Waals surface area contributed by atoms with E-state index in [1.807, 2.05) is 23.5 Å². The summed E-state index contributed by atoms with van der Waals surface area (Å²) in [4.78, 5) is 7.97. The van der Waals surface area contributed by atoms with Crippen molar-refractivity contribution in [2.45, 2.75) is 25.9 Å². The van der Waals surface area contributed by atoms with Gasteiger partial charge in [-0.3, -0.25) is 4.90 Å². The standard InChI is InChI=1S/C14H14Cl2N2S/c1-9-11-3-5-19-12(11)2-4-18(9)8-10-6-13(15)17-14(16)7-10/h3,5-7,9H,2,4,8H2,1H3/t9-/m1/s1. The predicted molar refractivity (Wildman–Crippen MR) is 81.1 cm³/mol. The van der Waals surface area contributed by atoms with Crippen LogP contribution in [0.2, 0.25) is 10.3 Å². The predicted octanol–water partition coefficient (Wildman–Crippen LogP) is 4.57. The van der Waals surface area contributed by atoms with E-state index in [0.717, 1.165) is 25.1 Å². The maximum Gasteiger partial charge on any atom is 0.131 e. The van der Waals surface area contributed by atoms with Crippen molar-refractivity contribution in [3.05, 3.63) is 49.9 Å². The number of halogens is 2. The van der Waals surface area contributed by atoms with Crippen LogP contribution >= 0.6 is 34.5 Å². The van der Waals surface area contributed by atoms with Gasteiger partial charge in [0.05, 0.1) is 0 Å². The van der Waals surface area contributed by atoms with Gasteiger partial charge in [-0.05, 0) is 48.1 Å². The molecule has 0 N–H and O–H groups in total. The molecule has 0 aliphatic carbocycles. The maximum atomic E-state index is 5.96. The lowest BCUT2D eigenvalue weighted by atomic mass is 10.0. The van der Waals surface area contributed by atoms with Crippen LogP contribution in [-0.4, -0.2) is 16.4 Å². The van der Waals surface area contributed by atoms with Gasteiger partial charge < -0.3 is 0 Å². The van der Waals surface area contributed by atoms with Crippen molar-refractivity contribution >= 4 is 34.5 Å². The Bertz CT molecular complexity index is 577. The molecule has 1 aliphatic rings. The molecule has 1 aliphatic heterocycles. The molecule has 2 nitrogen and oxygen atoms in total. The third-order valence-corrected chi connectivity index (χ3v) is 5.00. The molecule has 0 spiro atoms. The lowest BCUT2D eigenvalue weighted by Crippen LogP contribution is -2.32. The van der Waals surface area contributed by atoms with Crippen molar-refractivity contribution in [2.24, 2.45) is 0 Å². The van der Waals surface area contributed by atoms with Crippen molar-refractivity contribution in [3.8, 4) is 0 Å². The number of hydrogen-bond donors (Lipinski definition) is 0. The number of pyridine rings is 1. The van der Waals surface area contributed by atoms with E-state index in [1.54, 1.807) is 0 Å². The summed E-state index contributed by atoms with van der Waals surface area (Å²) in [6.45, 7) is 4.19. The fraction of sp³-hybridized carbons (Fsp3) is 0.357. The van der Waals surface area contributed by atoms with Crippen molar-refractivity contribution in [3.63, 3.8) is 0 Å². The molecule has 0 radical (unpaired) electrons. The number of rotatable bonds is 2. The topological polar surface area (TPSA) is 16.1 Å². The second kappa shape index (κ2) is 5.41. The van der Waals surface area contributed by atoms with Gasteiger partial charge in [0.15, 0.2) is 0 Å². The van der Waals surface area contributed by atoms with Crippen LogP contribution in [0, 0.1) is 0 Å². The zero-order valence-electron chi connectivity index (χ0n) is 10.6. The first-order valence-corrected chi connectivity index (χ1v) is 7.89. The molecule has 2 aromatic heterocycles. The summed E-state index contributed by atoms with van der Waals surface area (Å²) < 4.78 is 0. The molecular formula is C14H14Cl2N2S. The highest BCUT2D eigenvalue weighted by Crippen LogP contribution is 2.33. The van der Waals surface area contributed by atoms with Gasteiger partial charge in [0.25, 0.3) is 0 Å². The molecule has 0 saturated heterocycles. The van der Waals surface area contributed by atoms with E-state index in [-0.39, 0.29) is 0 Å². The van der Waals surface area contributed by atoms with Crippen LogP contribution in [0.25, 0.3) is 0 Å². The third-order valence-electron chi connectivity index (χ3n) is 3.61. The summed E-state index contributed by atoms with van der Waals surface area (Å²) in [6.07, 6.45) is 1.13. The van der Waals surface area contributed by atoms with Crippen LogP contribution in [0.15, 0.2) is 23.6 Å². The molecule has 1 atom stereocenters. The van der Waals surface area contributed by atoms with Crippen LogP contribution in [0.3, 0.4) is 0 Å². The minimum atomic E-state index is 0.445. The molecule has 0 saturated carbocycles. The number of aromatic nitrogens is 1. The Morgan fingerprint density at radius 1 is 1.37 bits per heavy atom. The highest BCUT2D eigenvalue weighted by molar-refractivity contribution is 7.10. The van der Waals surface area contributed by atoms with Crippen molar-refractivity contribution < 1.29 is 0 Å². The molecule has 0 amide bonds. The Morgan fingerprint density at radius 3 is 2.84 bits per heavy atom. The summed E-state index contributed by atoms with van der Waals surface area (Å²) >= 11 is 13.8. The zero-order valence-corrected chi connectivity index (χ0v) is 12.9. The molecule has 0 bridgehead atoms. The number of hydrogen-bond acceptors (Lipinski definition) is 3. The van der Waals surface area contributed by atoms with Gasteiger partial charge >= 0.3 is 0 Å². The quantitative estimate of drug-likeness (QED) is 0.755. The van der Waals surface area contributed by atoms with Gasteiger partial charge in [0.1, 0.15) is 10.3 Å². The van der Waals surface area contributed by atoms with Crippen LogP contribution in [0.4, 0.5) is 0 Å². The van der Waals surface area contributed by atoms with E-state index in [2.05, 4.69) is 28.3 Å². The Balaban J connectivity index is 1.81. The second-order valence-corrected chi connectivity index (χ2v) is 6.59. The molecule has 0 fully saturated rings. The summed E-state index contributed by atoms with van der Waals surface area (Å²) in [5.41, 5.74) is 2.58. The zero-order chi connectivity index (χ0) is 13.4. The number of fused-ring (bicyclic) bond motifs is 1. The minimum absolute atomic E-state index is 0.445. The van der Waals surface area contributed by atoms with E-state index in [9.17, 15) is 0 Å². The third kappa shape index (κ3) is 2.79. The van der Waals surface area contributed by atoms with Crippen molar-refractivity contribution in [2.75, 3.05) is 6.54 Å². The summed E-state index contributed by atoms with van der Waals surface area (Å²) in [6, 6.07) is 6.47. The SMILES string of the molecule is C[C@@H]1c2ccsc2CCN1Cc1cc(Cl)nc(Cl)c1. The van der Waals surface area contributed by atoms with Gasteiger partial charge in [-0.25, -0.2) is 4.98 Å². The maximum absolute atomic E-state index is 5.96. The lowest BCUT2D eigenvalue weighted by molar-refractivity contribution is 0.191. The molecule has 2 aromatic rings. The van der Waals surface area contributed by atoms with Gasteiger partial charge in [0, 0.05) is 24.0 Å². The Labute approximate surface area is 127 Å². The monoisotopic (exact) mass is 312 g/mol. The van der Waals surface area contributed by atoms with Crippen molar-refractivity contribution in [1.82, 2.24) is 9.88 Å². The van der Waals surface area contributed by atoms with E-state index in [4.69, 9.17) is 23.2 Å². The number of nitrogens with zero attached hydrogens (tertiary/aromatic N) is 2. The molecule has 5 heteroatoms. The fourth-order valence-electron chi connectivity index (χ4n) is 2.62. The largest absolute Gasteiger partial charge is 0.292 e. The lowest BCUT2D eigenvalue weighted by Gasteiger charge is -2.33. The highest BCUT2D eigenvalue weighted by atomic mass is 35.5. The number of thiophene rings is 1. The second-order valence-electron chi connectivity index (χ2n) is 4.82. The summed E-state index contributed by atoms with van der Waals surface area (Å²) in [5.74, 6) is 0. The molecular weight excluding hydrogens is 299 g/mol. The first kappa shape index (κ1) is 13.4. The molecule has 0 unspecified atom stereocenters. The molecule has 3 heterocycles. The Kier molecular flexibility index (Phi) is 3.81. The smallest absolute Gasteiger partial charge is 0.131 e. The molecule has 0 aromatic carbocycles. The molecule has 3 rings (SSSR count). The van der Waals surface area contributed by atoms with E-state index in [0.29, 0.717) is 16.3 Å². The average molecular weight is 313 g/mol. The Hall–Kier alpha value is -0.610. The summed E-state index contributed by atoms with van der Waals surface area (Å²) in [5, 5.41) is 3.11.